The van der Waals surface area contributed by atoms with E-state index in [9.17, 15) is 10.2 Å². The van der Waals surface area contributed by atoms with Gasteiger partial charge in [-0.1, -0.05) is 23.8 Å². The molecule has 0 bridgehead atoms. The minimum atomic E-state index is 0.107. The fourth-order valence-electron chi connectivity index (χ4n) is 3.62. The predicted molar refractivity (Wildman–Crippen MR) is 122 cm³/mol. The van der Waals surface area contributed by atoms with Crippen molar-refractivity contribution in [3.63, 3.8) is 0 Å². The summed E-state index contributed by atoms with van der Waals surface area (Å²) in [6.45, 7) is 8.49. The first-order chi connectivity index (χ1) is 14.3. The van der Waals surface area contributed by atoms with Crippen LogP contribution in [-0.2, 0) is 0 Å². The van der Waals surface area contributed by atoms with Crippen LogP contribution in [0.2, 0.25) is 0 Å². The highest BCUT2D eigenvalue weighted by Gasteiger charge is 2.17. The molecule has 0 aliphatic carbocycles. The maximum Gasteiger partial charge on any atom is 0.161 e. The third kappa shape index (κ3) is 4.43. The summed E-state index contributed by atoms with van der Waals surface area (Å²) in [6.07, 6.45) is 1.97. The molecule has 0 spiro atoms. The summed E-state index contributed by atoms with van der Waals surface area (Å²) in [7, 11) is 1.66. The van der Waals surface area contributed by atoms with E-state index in [4.69, 9.17) is 9.47 Å². The summed E-state index contributed by atoms with van der Waals surface area (Å²) >= 11 is 0. The van der Waals surface area contributed by atoms with Crippen LogP contribution < -0.4 is 9.47 Å². The second-order valence-corrected chi connectivity index (χ2v) is 7.60. The van der Waals surface area contributed by atoms with E-state index in [1.54, 1.807) is 31.4 Å². The zero-order valence-electron chi connectivity index (χ0n) is 18.1. The van der Waals surface area contributed by atoms with E-state index in [0.29, 0.717) is 12.4 Å². The Balaban J connectivity index is 2.03. The first-order valence-electron chi connectivity index (χ1n) is 9.89. The third-order valence-electron chi connectivity index (χ3n) is 5.08. The Morgan fingerprint density at radius 3 is 2.20 bits per heavy atom. The normalized spacial score (nSPS) is 10.6. The van der Waals surface area contributed by atoms with Crippen LogP contribution in [0.25, 0.3) is 22.3 Å². The lowest BCUT2D eigenvalue weighted by molar-refractivity contribution is 0.335. The molecule has 0 aliphatic heterocycles. The minimum Gasteiger partial charge on any atom is -0.508 e. The number of hydrogen-bond acceptors (Lipinski definition) is 4. The Morgan fingerprint density at radius 1 is 0.933 bits per heavy atom. The monoisotopic (exact) mass is 404 g/mol. The maximum atomic E-state index is 10.5. The summed E-state index contributed by atoms with van der Waals surface area (Å²) in [5.74, 6) is 1.56. The SMILES string of the molecule is COc1c(-c2ccc(O)cc2)cc(C)c(-c2ccc(OCC=C(C)C)c(O)c2)c1C. The molecule has 0 aromatic heterocycles. The van der Waals surface area contributed by atoms with Gasteiger partial charge in [0, 0.05) is 5.56 Å². The Morgan fingerprint density at radius 2 is 1.60 bits per heavy atom. The number of benzene rings is 3. The van der Waals surface area contributed by atoms with Crippen LogP contribution in [0.5, 0.6) is 23.0 Å². The maximum absolute atomic E-state index is 10.5. The molecule has 4 nitrogen and oxygen atoms in total. The lowest BCUT2D eigenvalue weighted by Crippen LogP contribution is -1.98. The number of aryl methyl sites for hydroxylation is 1. The van der Waals surface area contributed by atoms with Crippen molar-refractivity contribution in [1.29, 1.82) is 0 Å². The van der Waals surface area contributed by atoms with E-state index < -0.39 is 0 Å². The van der Waals surface area contributed by atoms with E-state index in [0.717, 1.165) is 44.7 Å². The van der Waals surface area contributed by atoms with Crippen LogP contribution in [0, 0.1) is 13.8 Å². The van der Waals surface area contributed by atoms with Gasteiger partial charge in [0.05, 0.1) is 7.11 Å². The number of methoxy groups -OCH3 is 1. The molecule has 4 heteroatoms. The Bertz CT molecular complexity index is 1080. The van der Waals surface area contributed by atoms with Gasteiger partial charge in [0.25, 0.3) is 0 Å². The van der Waals surface area contributed by atoms with Crippen molar-refractivity contribution < 1.29 is 19.7 Å². The number of rotatable bonds is 6. The highest BCUT2D eigenvalue weighted by molar-refractivity contribution is 5.83. The van der Waals surface area contributed by atoms with Crippen LogP contribution in [0.1, 0.15) is 25.0 Å². The molecular formula is C26H28O4. The van der Waals surface area contributed by atoms with Crippen LogP contribution >= 0.6 is 0 Å². The number of ether oxygens (including phenoxy) is 2. The number of phenolic OH excluding ortho intramolecular Hbond substituents is 2. The standard InChI is InChI=1S/C26H28O4/c1-16(2)12-13-30-24-11-8-20(15-23(24)28)25-17(3)14-22(26(29-5)18(25)4)19-6-9-21(27)10-7-19/h6-12,14-15,27-28H,13H2,1-5H3. The van der Waals surface area contributed by atoms with Gasteiger partial charge in [0.15, 0.2) is 11.5 Å². The van der Waals surface area contributed by atoms with Crippen molar-refractivity contribution in [1.82, 2.24) is 0 Å². The summed E-state index contributed by atoms with van der Waals surface area (Å²) in [5.41, 5.74) is 7.05. The molecule has 0 radical (unpaired) electrons. The van der Waals surface area contributed by atoms with Gasteiger partial charge in [-0.2, -0.15) is 0 Å². The van der Waals surface area contributed by atoms with Crippen molar-refractivity contribution in [2.24, 2.45) is 0 Å². The van der Waals surface area contributed by atoms with E-state index >= 15 is 0 Å². The smallest absolute Gasteiger partial charge is 0.161 e. The summed E-state index contributed by atoms with van der Waals surface area (Å²) in [4.78, 5) is 0. The van der Waals surface area contributed by atoms with Gasteiger partial charge < -0.3 is 19.7 Å². The zero-order chi connectivity index (χ0) is 21.8. The van der Waals surface area contributed by atoms with E-state index in [2.05, 4.69) is 6.07 Å². The third-order valence-corrected chi connectivity index (χ3v) is 5.08. The van der Waals surface area contributed by atoms with Gasteiger partial charge in [-0.3, -0.25) is 0 Å². The second kappa shape index (κ2) is 8.95. The molecule has 0 amide bonds. The van der Waals surface area contributed by atoms with Crippen molar-refractivity contribution in [3.05, 3.63) is 71.3 Å². The number of allylic oxidation sites excluding steroid dienone is 1. The van der Waals surface area contributed by atoms with Gasteiger partial charge in [-0.15, -0.1) is 0 Å². The first kappa shape index (κ1) is 21.3. The molecule has 0 saturated heterocycles. The van der Waals surface area contributed by atoms with Crippen molar-refractivity contribution in [3.8, 4) is 45.3 Å². The Kier molecular flexibility index (Phi) is 6.36. The quantitative estimate of drug-likeness (QED) is 0.467. The molecule has 0 aliphatic rings. The molecule has 0 atom stereocenters. The highest BCUT2D eigenvalue weighted by atomic mass is 16.5. The fraction of sp³-hybridized carbons (Fsp3) is 0.231. The molecule has 3 aromatic carbocycles. The van der Waals surface area contributed by atoms with E-state index in [1.807, 2.05) is 52.0 Å². The lowest BCUT2D eigenvalue weighted by Gasteiger charge is -2.19. The Hall–Kier alpha value is -3.40. The van der Waals surface area contributed by atoms with Crippen molar-refractivity contribution in [2.75, 3.05) is 13.7 Å². The molecular weight excluding hydrogens is 376 g/mol. The first-order valence-corrected chi connectivity index (χ1v) is 9.89. The zero-order valence-corrected chi connectivity index (χ0v) is 18.1. The van der Waals surface area contributed by atoms with Gasteiger partial charge >= 0.3 is 0 Å². The molecule has 2 N–H and O–H groups in total. The lowest BCUT2D eigenvalue weighted by atomic mass is 9.90. The summed E-state index contributed by atoms with van der Waals surface area (Å²) in [6, 6.07) is 14.6. The highest BCUT2D eigenvalue weighted by Crippen LogP contribution is 2.42. The van der Waals surface area contributed by atoms with Crippen molar-refractivity contribution >= 4 is 0 Å². The molecule has 0 unspecified atom stereocenters. The topological polar surface area (TPSA) is 58.9 Å². The van der Waals surface area contributed by atoms with Crippen molar-refractivity contribution in [2.45, 2.75) is 27.7 Å². The number of phenols is 2. The molecule has 156 valence electrons. The van der Waals surface area contributed by atoms with Crippen LogP contribution in [0.15, 0.2) is 60.2 Å². The fourth-order valence-corrected chi connectivity index (χ4v) is 3.62. The summed E-state index contributed by atoms with van der Waals surface area (Å²) in [5, 5.41) is 20.1. The number of aromatic hydroxyl groups is 2. The molecule has 30 heavy (non-hydrogen) atoms. The van der Waals surface area contributed by atoms with Gasteiger partial charge in [-0.25, -0.2) is 0 Å². The minimum absolute atomic E-state index is 0.107. The van der Waals surface area contributed by atoms with Crippen LogP contribution in [-0.4, -0.2) is 23.9 Å². The van der Waals surface area contributed by atoms with Crippen LogP contribution in [0.4, 0.5) is 0 Å². The van der Waals surface area contributed by atoms with Gasteiger partial charge in [0.2, 0.25) is 0 Å². The number of hydrogen-bond donors (Lipinski definition) is 2. The van der Waals surface area contributed by atoms with Gasteiger partial charge in [0.1, 0.15) is 18.1 Å². The molecule has 3 rings (SSSR count). The predicted octanol–water partition coefficient (Wildman–Crippen LogP) is 6.40. The van der Waals surface area contributed by atoms with Gasteiger partial charge in [-0.05, 0) is 91.9 Å². The average molecular weight is 405 g/mol. The molecule has 0 fully saturated rings. The van der Waals surface area contributed by atoms with Crippen LogP contribution in [0.3, 0.4) is 0 Å². The molecule has 3 aromatic rings. The van der Waals surface area contributed by atoms with E-state index in [-0.39, 0.29) is 11.5 Å². The largest absolute Gasteiger partial charge is 0.508 e. The second-order valence-electron chi connectivity index (χ2n) is 7.60. The average Bonchev–Trinajstić information content (AvgIpc) is 2.69. The Labute approximate surface area is 178 Å². The molecule has 0 heterocycles. The summed E-state index contributed by atoms with van der Waals surface area (Å²) < 4.78 is 11.4. The molecule has 0 saturated carbocycles. The van der Waals surface area contributed by atoms with E-state index in [1.165, 1.54) is 0 Å².